The van der Waals surface area contributed by atoms with Gasteiger partial charge in [0.2, 0.25) is 0 Å². The molecule has 0 saturated heterocycles. The second-order valence-electron chi connectivity index (χ2n) is 4.22. The number of nitro benzene ring substituents is 1. The second kappa shape index (κ2) is 6.10. The number of hydrogen-bond donors (Lipinski definition) is 1. The lowest BCUT2D eigenvalue weighted by atomic mass is 10.2. The largest absolute Gasteiger partial charge is 0.495 e. The highest BCUT2D eigenvalue weighted by molar-refractivity contribution is 5.61. The molecule has 0 spiro atoms. The van der Waals surface area contributed by atoms with Crippen LogP contribution in [0.2, 0.25) is 0 Å². The van der Waals surface area contributed by atoms with Crippen molar-refractivity contribution in [3.8, 4) is 5.75 Å². The number of methoxy groups -OCH3 is 1. The number of nitrogens with one attached hydrogen (secondary N) is 1. The summed E-state index contributed by atoms with van der Waals surface area (Å²) in [7, 11) is 1.52. The van der Waals surface area contributed by atoms with Crippen LogP contribution in [0.1, 0.15) is 18.4 Å². The molecule has 0 aliphatic carbocycles. The van der Waals surface area contributed by atoms with Gasteiger partial charge in [0, 0.05) is 18.6 Å². The van der Waals surface area contributed by atoms with E-state index in [1.54, 1.807) is 6.07 Å². The molecule has 0 atom stereocenters. The Kier molecular flexibility index (Phi) is 4.24. The minimum absolute atomic E-state index is 0.0157. The molecular formula is C14H16N2O4. The Bertz CT molecular complexity index is 607. The summed E-state index contributed by atoms with van der Waals surface area (Å²) in [5, 5.41) is 13.9. The molecule has 106 valence electrons. The Balaban J connectivity index is 2.14. The normalized spacial score (nSPS) is 10.3. The maximum absolute atomic E-state index is 10.8. The van der Waals surface area contributed by atoms with E-state index in [-0.39, 0.29) is 5.69 Å². The minimum atomic E-state index is -0.438. The van der Waals surface area contributed by atoms with Crippen molar-refractivity contribution in [1.29, 1.82) is 0 Å². The summed E-state index contributed by atoms with van der Waals surface area (Å²) < 4.78 is 10.7. The fourth-order valence-electron chi connectivity index (χ4n) is 1.84. The maximum atomic E-state index is 10.8. The Morgan fingerprint density at radius 1 is 1.30 bits per heavy atom. The van der Waals surface area contributed by atoms with Crippen LogP contribution in [0, 0.1) is 10.1 Å². The SMILES string of the molecule is CCc1ccc(CNc2cc([N+](=O)[O-])ccc2OC)o1. The van der Waals surface area contributed by atoms with Crippen LogP contribution in [0.3, 0.4) is 0 Å². The van der Waals surface area contributed by atoms with Crippen molar-refractivity contribution >= 4 is 11.4 Å². The monoisotopic (exact) mass is 276 g/mol. The lowest BCUT2D eigenvalue weighted by Gasteiger charge is -2.09. The summed E-state index contributed by atoms with van der Waals surface area (Å²) in [6.45, 7) is 2.46. The number of benzene rings is 1. The number of nitro groups is 1. The molecular weight excluding hydrogens is 260 g/mol. The van der Waals surface area contributed by atoms with E-state index in [1.165, 1.54) is 19.2 Å². The Hall–Kier alpha value is -2.50. The van der Waals surface area contributed by atoms with Crippen LogP contribution in [-0.2, 0) is 13.0 Å². The third-order valence-electron chi connectivity index (χ3n) is 2.91. The van der Waals surface area contributed by atoms with Crippen molar-refractivity contribution in [3.63, 3.8) is 0 Å². The number of aryl methyl sites for hydroxylation is 1. The summed E-state index contributed by atoms with van der Waals surface area (Å²) in [5.74, 6) is 2.24. The van der Waals surface area contributed by atoms with Gasteiger partial charge in [0.05, 0.1) is 24.3 Å². The van der Waals surface area contributed by atoms with E-state index in [4.69, 9.17) is 9.15 Å². The van der Waals surface area contributed by atoms with Crippen molar-refractivity contribution in [3.05, 3.63) is 52.0 Å². The molecule has 20 heavy (non-hydrogen) atoms. The van der Waals surface area contributed by atoms with Gasteiger partial charge in [0.15, 0.2) is 0 Å². The molecule has 1 N–H and O–H groups in total. The Morgan fingerprint density at radius 3 is 2.65 bits per heavy atom. The number of hydrogen-bond acceptors (Lipinski definition) is 5. The molecule has 2 aromatic rings. The first-order valence-electron chi connectivity index (χ1n) is 6.28. The highest BCUT2D eigenvalue weighted by atomic mass is 16.6. The number of rotatable bonds is 6. The molecule has 0 unspecified atom stereocenters. The van der Waals surface area contributed by atoms with E-state index < -0.39 is 4.92 Å². The summed E-state index contributed by atoms with van der Waals surface area (Å²) in [4.78, 5) is 10.3. The molecule has 0 fully saturated rings. The molecule has 1 heterocycles. The first-order chi connectivity index (χ1) is 9.63. The molecule has 0 saturated carbocycles. The molecule has 6 heteroatoms. The maximum Gasteiger partial charge on any atom is 0.271 e. The number of furan rings is 1. The number of anilines is 1. The van der Waals surface area contributed by atoms with Crippen molar-refractivity contribution in [1.82, 2.24) is 0 Å². The fourth-order valence-corrected chi connectivity index (χ4v) is 1.84. The molecule has 0 radical (unpaired) electrons. The van der Waals surface area contributed by atoms with Gasteiger partial charge in [-0.1, -0.05) is 6.92 Å². The van der Waals surface area contributed by atoms with Crippen molar-refractivity contribution in [2.24, 2.45) is 0 Å². The fraction of sp³-hybridized carbons (Fsp3) is 0.286. The van der Waals surface area contributed by atoms with Crippen molar-refractivity contribution < 1.29 is 14.1 Å². The van der Waals surface area contributed by atoms with E-state index in [2.05, 4.69) is 5.32 Å². The van der Waals surface area contributed by atoms with Crippen LogP contribution in [0.15, 0.2) is 34.7 Å². The van der Waals surface area contributed by atoms with Gasteiger partial charge in [-0.25, -0.2) is 0 Å². The van der Waals surface area contributed by atoms with Gasteiger partial charge >= 0.3 is 0 Å². The topological polar surface area (TPSA) is 77.5 Å². The molecule has 0 aliphatic heterocycles. The molecule has 2 rings (SSSR count). The Morgan fingerprint density at radius 2 is 2.05 bits per heavy atom. The molecule has 6 nitrogen and oxygen atoms in total. The highest BCUT2D eigenvalue weighted by Crippen LogP contribution is 2.29. The third kappa shape index (κ3) is 3.09. The summed E-state index contributed by atoms with van der Waals surface area (Å²) in [6.07, 6.45) is 0.833. The average molecular weight is 276 g/mol. The predicted molar refractivity (Wildman–Crippen MR) is 75.1 cm³/mol. The summed E-state index contributed by atoms with van der Waals surface area (Å²) in [5.41, 5.74) is 0.582. The molecule has 0 bridgehead atoms. The zero-order valence-corrected chi connectivity index (χ0v) is 11.4. The van der Waals surface area contributed by atoms with Crippen LogP contribution in [0.25, 0.3) is 0 Å². The summed E-state index contributed by atoms with van der Waals surface area (Å²) in [6, 6.07) is 8.23. The number of ether oxygens (including phenoxy) is 1. The van der Waals surface area contributed by atoms with Crippen LogP contribution in [-0.4, -0.2) is 12.0 Å². The van der Waals surface area contributed by atoms with Gasteiger partial charge < -0.3 is 14.5 Å². The second-order valence-corrected chi connectivity index (χ2v) is 4.22. The van der Waals surface area contributed by atoms with Gasteiger partial charge in [0.25, 0.3) is 5.69 Å². The van der Waals surface area contributed by atoms with Gasteiger partial charge in [0.1, 0.15) is 17.3 Å². The zero-order valence-electron chi connectivity index (χ0n) is 11.4. The van der Waals surface area contributed by atoms with Gasteiger partial charge in [-0.05, 0) is 18.2 Å². The van der Waals surface area contributed by atoms with Crippen molar-refractivity contribution in [2.45, 2.75) is 19.9 Å². The zero-order chi connectivity index (χ0) is 14.5. The van der Waals surface area contributed by atoms with Crippen LogP contribution in [0.5, 0.6) is 5.75 Å². The average Bonchev–Trinajstić information content (AvgIpc) is 2.92. The van der Waals surface area contributed by atoms with Gasteiger partial charge in [-0.15, -0.1) is 0 Å². The lowest BCUT2D eigenvalue weighted by molar-refractivity contribution is -0.384. The molecule has 1 aromatic heterocycles. The van der Waals surface area contributed by atoms with E-state index in [0.29, 0.717) is 18.0 Å². The smallest absolute Gasteiger partial charge is 0.271 e. The van der Waals surface area contributed by atoms with E-state index in [0.717, 1.165) is 17.9 Å². The minimum Gasteiger partial charge on any atom is -0.495 e. The molecule has 0 aliphatic rings. The van der Waals surface area contributed by atoms with E-state index in [1.807, 2.05) is 19.1 Å². The Labute approximate surface area is 116 Å². The van der Waals surface area contributed by atoms with Crippen LogP contribution >= 0.6 is 0 Å². The first-order valence-corrected chi connectivity index (χ1v) is 6.28. The predicted octanol–water partition coefficient (Wildman–Crippen LogP) is 3.37. The number of non-ortho nitro benzene ring substituents is 1. The van der Waals surface area contributed by atoms with E-state index >= 15 is 0 Å². The first kappa shape index (κ1) is 13.9. The van der Waals surface area contributed by atoms with Crippen LogP contribution in [0.4, 0.5) is 11.4 Å². The third-order valence-corrected chi connectivity index (χ3v) is 2.91. The van der Waals surface area contributed by atoms with Gasteiger partial charge in [-0.2, -0.15) is 0 Å². The molecule has 1 aromatic carbocycles. The van der Waals surface area contributed by atoms with Gasteiger partial charge in [-0.3, -0.25) is 10.1 Å². The quantitative estimate of drug-likeness (QED) is 0.646. The van der Waals surface area contributed by atoms with E-state index in [9.17, 15) is 10.1 Å². The van der Waals surface area contributed by atoms with Crippen LogP contribution < -0.4 is 10.1 Å². The highest BCUT2D eigenvalue weighted by Gasteiger charge is 2.11. The number of nitrogens with zero attached hydrogens (tertiary/aromatic N) is 1. The summed E-state index contributed by atoms with van der Waals surface area (Å²) >= 11 is 0. The standard InChI is InChI=1S/C14H16N2O4/c1-3-11-5-6-12(20-11)9-15-13-8-10(16(17)18)4-7-14(13)19-2/h4-8,15H,3,9H2,1-2H3. The molecule has 0 amide bonds. The van der Waals surface area contributed by atoms with Crippen molar-refractivity contribution in [2.75, 3.05) is 12.4 Å². The lowest BCUT2D eigenvalue weighted by Crippen LogP contribution is -2.01.